The third-order valence-electron chi connectivity index (χ3n) is 4.29. The zero-order valence-corrected chi connectivity index (χ0v) is 15.0. The SMILES string of the molecule is O=C(Nc1ncnc2c1nnn2[C@@H]1O[C@H](CO)[C@H](O)C1O)c1ccccc1.[B][B]. The summed E-state index contributed by atoms with van der Waals surface area (Å²) in [6, 6.07) is 8.59. The molecule has 0 aliphatic carbocycles. The van der Waals surface area contributed by atoms with Crippen molar-refractivity contribution < 1.29 is 24.9 Å². The Labute approximate surface area is 167 Å². The quantitative estimate of drug-likeness (QED) is 0.380. The number of anilines is 1. The molecule has 4 N–H and O–H groups in total. The summed E-state index contributed by atoms with van der Waals surface area (Å²) in [6.07, 6.45) is -3.44. The van der Waals surface area contributed by atoms with Gasteiger partial charge in [0.25, 0.3) is 5.91 Å². The fourth-order valence-electron chi connectivity index (χ4n) is 2.88. The molecule has 1 aromatic carbocycles. The Bertz CT molecular complexity index is 975. The first-order valence-electron chi connectivity index (χ1n) is 8.48. The summed E-state index contributed by atoms with van der Waals surface area (Å²) < 4.78 is 6.62. The van der Waals surface area contributed by atoms with E-state index in [1.807, 2.05) is 0 Å². The Morgan fingerprint density at radius 2 is 1.90 bits per heavy atom. The normalized spacial score (nSPS) is 23.4. The van der Waals surface area contributed by atoms with Crippen LogP contribution in [0.15, 0.2) is 36.7 Å². The second-order valence-corrected chi connectivity index (χ2v) is 5.98. The zero-order chi connectivity index (χ0) is 21.0. The number of aromatic nitrogens is 5. The lowest BCUT2D eigenvalue weighted by molar-refractivity contribution is -0.0574. The van der Waals surface area contributed by atoms with Crippen molar-refractivity contribution in [2.24, 2.45) is 0 Å². The highest BCUT2D eigenvalue weighted by Crippen LogP contribution is 2.31. The van der Waals surface area contributed by atoms with Crippen LogP contribution in [-0.2, 0) is 4.74 Å². The number of benzene rings is 1. The molecule has 0 saturated carbocycles. The number of rotatable bonds is 4. The van der Waals surface area contributed by atoms with Gasteiger partial charge in [0.05, 0.1) is 6.61 Å². The van der Waals surface area contributed by atoms with E-state index in [-0.39, 0.29) is 22.9 Å². The highest BCUT2D eigenvalue weighted by atomic mass is 16.6. The number of carbonyl (C=O) groups is 1. The van der Waals surface area contributed by atoms with Crippen LogP contribution in [0.25, 0.3) is 11.2 Å². The number of fused-ring (bicyclic) bond motifs is 1. The Morgan fingerprint density at radius 3 is 2.55 bits per heavy atom. The van der Waals surface area contributed by atoms with Crippen LogP contribution in [-0.4, -0.2) is 86.6 Å². The molecule has 1 saturated heterocycles. The molecule has 11 nitrogen and oxygen atoms in total. The Kier molecular flexibility index (Phi) is 6.54. The van der Waals surface area contributed by atoms with E-state index >= 15 is 0 Å². The molecular formula is C16H16B2N6O5. The number of carbonyl (C=O) groups excluding carboxylic acids is 1. The molecule has 1 aliphatic heterocycles. The zero-order valence-electron chi connectivity index (χ0n) is 15.0. The number of nitrogens with one attached hydrogen (secondary N) is 1. The molecule has 29 heavy (non-hydrogen) atoms. The van der Waals surface area contributed by atoms with Crippen LogP contribution < -0.4 is 5.32 Å². The van der Waals surface area contributed by atoms with Crippen molar-refractivity contribution >= 4 is 38.4 Å². The van der Waals surface area contributed by atoms with Gasteiger partial charge in [-0.15, -0.1) is 5.10 Å². The minimum absolute atomic E-state index is 0.145. The molecule has 1 unspecified atom stereocenters. The topological polar surface area (TPSA) is 156 Å². The predicted molar refractivity (Wildman–Crippen MR) is 102 cm³/mol. The van der Waals surface area contributed by atoms with Gasteiger partial charge in [0.2, 0.25) is 0 Å². The molecule has 1 amide bonds. The number of amides is 1. The summed E-state index contributed by atoms with van der Waals surface area (Å²) in [7, 11) is 8.00. The number of aliphatic hydroxyl groups is 3. The third-order valence-corrected chi connectivity index (χ3v) is 4.29. The smallest absolute Gasteiger partial charge is 0.256 e. The van der Waals surface area contributed by atoms with Gasteiger partial charge in [0.15, 0.2) is 23.2 Å². The molecule has 0 spiro atoms. The summed E-state index contributed by atoms with van der Waals surface area (Å²) in [4.78, 5) is 20.4. The number of ether oxygens (including phenoxy) is 1. The Balaban J connectivity index is 0.00000117. The molecule has 4 atom stereocenters. The van der Waals surface area contributed by atoms with Crippen molar-refractivity contribution in [1.29, 1.82) is 0 Å². The molecule has 2 aromatic heterocycles. The average Bonchev–Trinajstić information content (AvgIpc) is 3.32. The lowest BCUT2D eigenvalue weighted by atomic mass is 9.81. The van der Waals surface area contributed by atoms with Crippen molar-refractivity contribution in [2.45, 2.75) is 24.5 Å². The van der Waals surface area contributed by atoms with E-state index in [9.17, 15) is 20.1 Å². The van der Waals surface area contributed by atoms with Crippen LogP contribution in [0.4, 0.5) is 5.82 Å². The summed E-state index contributed by atoms with van der Waals surface area (Å²) in [5, 5.41) is 39.8. The maximum atomic E-state index is 12.3. The number of hydrogen-bond donors (Lipinski definition) is 4. The summed E-state index contributed by atoms with van der Waals surface area (Å²) in [5.74, 6) is -0.232. The molecule has 1 aliphatic rings. The second kappa shape index (κ2) is 9.09. The molecule has 3 aromatic rings. The average molecular weight is 394 g/mol. The first-order chi connectivity index (χ1) is 14.1. The van der Waals surface area contributed by atoms with Crippen LogP contribution in [0.2, 0.25) is 0 Å². The second-order valence-electron chi connectivity index (χ2n) is 5.98. The van der Waals surface area contributed by atoms with Gasteiger partial charge in [0.1, 0.15) is 24.6 Å². The Hall–Kier alpha value is -2.86. The van der Waals surface area contributed by atoms with Crippen LogP contribution in [0.3, 0.4) is 0 Å². The number of hydrogen-bond acceptors (Lipinski definition) is 9. The summed E-state index contributed by atoms with van der Waals surface area (Å²) in [6.45, 7) is -0.464. The highest BCUT2D eigenvalue weighted by Gasteiger charge is 2.44. The van der Waals surface area contributed by atoms with Crippen molar-refractivity contribution in [2.75, 3.05) is 11.9 Å². The van der Waals surface area contributed by atoms with Crippen LogP contribution in [0, 0.1) is 0 Å². The van der Waals surface area contributed by atoms with Gasteiger partial charge in [-0.2, -0.15) is 4.68 Å². The van der Waals surface area contributed by atoms with Crippen LogP contribution in [0.5, 0.6) is 0 Å². The maximum Gasteiger partial charge on any atom is 0.256 e. The number of nitrogens with zero attached hydrogens (tertiary/aromatic N) is 5. The van der Waals surface area contributed by atoms with Gasteiger partial charge in [-0.3, -0.25) is 4.79 Å². The molecule has 146 valence electrons. The molecule has 0 bridgehead atoms. The van der Waals surface area contributed by atoms with Crippen molar-refractivity contribution in [1.82, 2.24) is 25.0 Å². The highest BCUT2D eigenvalue weighted by molar-refractivity contribution is 6.75. The van der Waals surface area contributed by atoms with Gasteiger partial charge in [0, 0.05) is 21.0 Å². The molecular weight excluding hydrogens is 378 g/mol. The van der Waals surface area contributed by atoms with E-state index in [1.54, 1.807) is 30.3 Å². The predicted octanol–water partition coefficient (Wildman–Crippen LogP) is -1.68. The van der Waals surface area contributed by atoms with Gasteiger partial charge < -0.3 is 25.4 Å². The molecule has 1 fully saturated rings. The Morgan fingerprint density at radius 1 is 1.17 bits per heavy atom. The largest absolute Gasteiger partial charge is 0.394 e. The molecule has 4 radical (unpaired) electrons. The fourth-order valence-corrected chi connectivity index (χ4v) is 2.88. The van der Waals surface area contributed by atoms with E-state index < -0.39 is 31.1 Å². The van der Waals surface area contributed by atoms with Crippen LogP contribution >= 0.6 is 0 Å². The van der Waals surface area contributed by atoms with Gasteiger partial charge in [-0.05, 0) is 12.1 Å². The van der Waals surface area contributed by atoms with Crippen molar-refractivity contribution in [3.63, 3.8) is 0 Å². The lowest BCUT2D eigenvalue weighted by Crippen LogP contribution is -2.33. The van der Waals surface area contributed by atoms with Gasteiger partial charge in [-0.1, -0.05) is 23.4 Å². The minimum atomic E-state index is -1.33. The van der Waals surface area contributed by atoms with Crippen molar-refractivity contribution in [3.8, 4) is 0 Å². The number of aliphatic hydroxyl groups excluding tert-OH is 3. The fraction of sp³-hybridized carbons (Fsp3) is 0.312. The van der Waals surface area contributed by atoms with Gasteiger partial charge >= 0.3 is 0 Å². The first kappa shape index (κ1) is 20.9. The van der Waals surface area contributed by atoms with Crippen LogP contribution in [0.1, 0.15) is 16.6 Å². The monoisotopic (exact) mass is 394 g/mol. The van der Waals surface area contributed by atoms with E-state index in [0.29, 0.717) is 5.56 Å². The molecule has 13 heteroatoms. The van der Waals surface area contributed by atoms with E-state index in [2.05, 4.69) is 41.1 Å². The lowest BCUT2D eigenvalue weighted by Gasteiger charge is -2.14. The molecule has 4 rings (SSSR count). The van der Waals surface area contributed by atoms with E-state index in [1.165, 1.54) is 11.0 Å². The molecule has 3 heterocycles. The summed E-state index contributed by atoms with van der Waals surface area (Å²) >= 11 is 0. The third kappa shape index (κ3) is 3.98. The van der Waals surface area contributed by atoms with E-state index in [0.717, 1.165) is 0 Å². The first-order valence-corrected chi connectivity index (χ1v) is 8.48. The van der Waals surface area contributed by atoms with Crippen molar-refractivity contribution in [3.05, 3.63) is 42.2 Å². The summed E-state index contributed by atoms with van der Waals surface area (Å²) in [5.41, 5.74) is 0.836. The van der Waals surface area contributed by atoms with Gasteiger partial charge in [-0.25, -0.2) is 9.97 Å². The maximum absolute atomic E-state index is 12.3. The standard InChI is InChI=1S/C16H16N6O5.B2/c23-6-9-11(24)12(25)16(27-9)22-14-10(20-21-22)13(17-7-18-14)19-15(26)8-4-2-1-3-5-8;1-2/h1-5,7,9,11-12,16,23-25H,6H2,(H,17,18,19,26);/t9-,11+,12?,16-;/m1./s1. The van der Waals surface area contributed by atoms with E-state index in [4.69, 9.17) is 4.74 Å². The minimum Gasteiger partial charge on any atom is -0.394 e.